The van der Waals surface area contributed by atoms with Gasteiger partial charge in [0.15, 0.2) is 12.0 Å². The number of amides is 1. The first-order valence-corrected chi connectivity index (χ1v) is 12.0. The molecule has 1 aromatic carbocycles. The SMILES string of the molecule is CC(=O)N1CCN(Cc2cc3c(s2)COC2=C3N(C)C(Nc3cccc(S)c3)N=C2)CC1. The summed E-state index contributed by atoms with van der Waals surface area (Å²) in [4.78, 5) is 26.2. The predicted molar refractivity (Wildman–Crippen MR) is 131 cm³/mol. The molecule has 0 spiro atoms. The van der Waals surface area contributed by atoms with E-state index in [0.717, 1.165) is 54.8 Å². The van der Waals surface area contributed by atoms with E-state index in [-0.39, 0.29) is 12.2 Å². The largest absolute Gasteiger partial charge is 0.484 e. The van der Waals surface area contributed by atoms with Crippen LogP contribution in [0.5, 0.6) is 0 Å². The molecule has 1 saturated heterocycles. The summed E-state index contributed by atoms with van der Waals surface area (Å²) in [6.45, 7) is 6.56. The predicted octanol–water partition coefficient (Wildman–Crippen LogP) is 3.31. The van der Waals surface area contributed by atoms with E-state index in [9.17, 15) is 4.79 Å². The summed E-state index contributed by atoms with van der Waals surface area (Å²) in [5.41, 5.74) is 3.28. The third-order valence-electron chi connectivity index (χ3n) is 6.10. The van der Waals surface area contributed by atoms with E-state index >= 15 is 0 Å². The van der Waals surface area contributed by atoms with Gasteiger partial charge in [-0.15, -0.1) is 24.0 Å². The van der Waals surface area contributed by atoms with E-state index in [2.05, 4.69) is 38.8 Å². The summed E-state index contributed by atoms with van der Waals surface area (Å²) in [6, 6.07) is 10.2. The Labute approximate surface area is 197 Å². The monoisotopic (exact) mass is 469 g/mol. The summed E-state index contributed by atoms with van der Waals surface area (Å²) in [7, 11) is 2.05. The van der Waals surface area contributed by atoms with Crippen LogP contribution in [0.4, 0.5) is 5.69 Å². The number of anilines is 1. The van der Waals surface area contributed by atoms with Crippen LogP contribution >= 0.6 is 24.0 Å². The van der Waals surface area contributed by atoms with Gasteiger partial charge in [-0.3, -0.25) is 9.69 Å². The van der Waals surface area contributed by atoms with Gasteiger partial charge in [0, 0.05) is 67.7 Å². The van der Waals surface area contributed by atoms with Gasteiger partial charge in [0.2, 0.25) is 5.91 Å². The van der Waals surface area contributed by atoms with Gasteiger partial charge in [-0.1, -0.05) is 6.07 Å². The highest BCUT2D eigenvalue weighted by molar-refractivity contribution is 7.80. The van der Waals surface area contributed by atoms with E-state index in [1.165, 1.54) is 15.3 Å². The van der Waals surface area contributed by atoms with Gasteiger partial charge >= 0.3 is 0 Å². The second kappa shape index (κ2) is 8.80. The number of carbonyl (C=O) groups is 1. The zero-order valence-corrected chi connectivity index (χ0v) is 20.0. The minimum absolute atomic E-state index is 0.166. The Bertz CT molecular complexity index is 1090. The van der Waals surface area contributed by atoms with Crippen molar-refractivity contribution in [3.63, 3.8) is 0 Å². The van der Waals surface area contributed by atoms with Gasteiger partial charge in [0.1, 0.15) is 6.61 Å². The molecule has 9 heteroatoms. The van der Waals surface area contributed by atoms with Crippen LogP contribution < -0.4 is 5.32 Å². The third kappa shape index (κ3) is 4.24. The molecule has 1 N–H and O–H groups in total. The lowest BCUT2D eigenvalue weighted by molar-refractivity contribution is -0.130. The second-order valence-corrected chi connectivity index (χ2v) is 10.0. The molecule has 5 rings (SSSR count). The lowest BCUT2D eigenvalue weighted by atomic mass is 10.1. The number of nitrogens with one attached hydrogen (secondary N) is 1. The number of benzene rings is 1. The summed E-state index contributed by atoms with van der Waals surface area (Å²) in [5.74, 6) is 0.986. The van der Waals surface area contributed by atoms with E-state index in [0.29, 0.717) is 6.61 Å². The van der Waals surface area contributed by atoms with Crippen LogP contribution in [0.3, 0.4) is 0 Å². The maximum absolute atomic E-state index is 11.6. The standard InChI is InChI=1S/C23H27N5O2S2/c1-15(29)28-8-6-27(7-9-28)13-18-11-19-21(32-18)14-30-20-12-24-23(26(2)22(19)20)25-16-4-3-5-17(31)10-16/h3-5,10-12,23,25,31H,6-9,13-14H2,1-2H3. The first-order valence-electron chi connectivity index (χ1n) is 10.8. The number of allylic oxidation sites excluding steroid dienone is 1. The zero-order chi connectivity index (χ0) is 22.2. The molecule has 32 heavy (non-hydrogen) atoms. The van der Waals surface area contributed by atoms with Gasteiger partial charge in [-0.2, -0.15) is 0 Å². The maximum Gasteiger partial charge on any atom is 0.219 e. The van der Waals surface area contributed by atoms with Crippen molar-refractivity contribution < 1.29 is 9.53 Å². The highest BCUT2D eigenvalue weighted by atomic mass is 32.1. The number of thiophene rings is 1. The van der Waals surface area contributed by atoms with Crippen LogP contribution in [0.25, 0.3) is 5.70 Å². The van der Waals surface area contributed by atoms with Gasteiger partial charge in [-0.25, -0.2) is 4.99 Å². The van der Waals surface area contributed by atoms with Gasteiger partial charge in [-0.05, 0) is 24.3 Å². The van der Waals surface area contributed by atoms with Crippen molar-refractivity contribution in [2.45, 2.75) is 31.3 Å². The van der Waals surface area contributed by atoms with E-state index in [4.69, 9.17) is 4.74 Å². The Balaban J connectivity index is 1.31. The topological polar surface area (TPSA) is 60.4 Å². The molecule has 1 aromatic heterocycles. The van der Waals surface area contributed by atoms with Crippen molar-refractivity contribution in [2.24, 2.45) is 4.99 Å². The Morgan fingerprint density at radius 3 is 2.84 bits per heavy atom. The van der Waals surface area contributed by atoms with Crippen LogP contribution in [-0.4, -0.2) is 66.3 Å². The number of nitrogens with zero attached hydrogens (tertiary/aromatic N) is 4. The van der Waals surface area contributed by atoms with Crippen molar-refractivity contribution >= 4 is 47.5 Å². The Morgan fingerprint density at radius 2 is 2.09 bits per heavy atom. The first kappa shape index (κ1) is 21.4. The Hall–Kier alpha value is -2.49. The molecule has 1 unspecified atom stereocenters. The quantitative estimate of drug-likeness (QED) is 0.673. The molecule has 1 atom stereocenters. The van der Waals surface area contributed by atoms with Crippen molar-refractivity contribution in [3.8, 4) is 0 Å². The van der Waals surface area contributed by atoms with Gasteiger partial charge in [0.05, 0.1) is 16.8 Å². The molecule has 3 aliphatic heterocycles. The van der Waals surface area contributed by atoms with Crippen molar-refractivity contribution in [1.82, 2.24) is 14.7 Å². The Morgan fingerprint density at radius 1 is 1.28 bits per heavy atom. The van der Waals surface area contributed by atoms with E-state index < -0.39 is 0 Å². The molecular formula is C23H27N5O2S2. The van der Waals surface area contributed by atoms with Crippen LogP contribution in [0.2, 0.25) is 0 Å². The summed E-state index contributed by atoms with van der Waals surface area (Å²) < 4.78 is 6.04. The normalized spacial score (nSPS) is 20.7. The number of hydrogen-bond acceptors (Lipinski definition) is 8. The number of carbonyl (C=O) groups excluding carboxylic acids is 1. The second-order valence-electron chi connectivity index (χ2n) is 8.29. The van der Waals surface area contributed by atoms with Gasteiger partial charge < -0.3 is 19.9 Å². The molecule has 0 aliphatic carbocycles. The molecular weight excluding hydrogens is 442 g/mol. The third-order valence-corrected chi connectivity index (χ3v) is 7.47. The molecule has 2 aromatic rings. The lowest BCUT2D eigenvalue weighted by Crippen LogP contribution is -2.47. The number of ether oxygens (including phenoxy) is 1. The molecule has 1 fully saturated rings. The Kier molecular flexibility index (Phi) is 5.88. The fraction of sp³-hybridized carbons (Fsp3) is 0.391. The average molecular weight is 470 g/mol. The first-order chi connectivity index (χ1) is 15.5. The zero-order valence-electron chi connectivity index (χ0n) is 18.2. The van der Waals surface area contributed by atoms with Crippen molar-refractivity contribution in [3.05, 3.63) is 51.4 Å². The highest BCUT2D eigenvalue weighted by Gasteiger charge is 2.31. The minimum atomic E-state index is -0.221. The molecule has 0 radical (unpaired) electrons. The van der Waals surface area contributed by atoms with Gasteiger partial charge in [0.25, 0.3) is 0 Å². The number of fused-ring (bicyclic) bond motifs is 2. The molecule has 0 saturated carbocycles. The van der Waals surface area contributed by atoms with Crippen molar-refractivity contribution in [2.75, 3.05) is 38.5 Å². The highest BCUT2D eigenvalue weighted by Crippen LogP contribution is 2.39. The van der Waals surface area contributed by atoms with Crippen molar-refractivity contribution in [1.29, 1.82) is 0 Å². The number of thiol groups is 1. The molecule has 3 aliphatic rings. The summed E-state index contributed by atoms with van der Waals surface area (Å²) >= 11 is 6.25. The minimum Gasteiger partial charge on any atom is -0.484 e. The average Bonchev–Trinajstić information content (AvgIpc) is 3.18. The lowest BCUT2D eigenvalue weighted by Gasteiger charge is -2.36. The molecule has 1 amide bonds. The van der Waals surface area contributed by atoms with Crippen LogP contribution in [0.15, 0.2) is 46.0 Å². The van der Waals surface area contributed by atoms with E-state index in [1.54, 1.807) is 6.92 Å². The van der Waals surface area contributed by atoms with Crippen LogP contribution in [-0.2, 0) is 22.7 Å². The summed E-state index contributed by atoms with van der Waals surface area (Å²) in [5, 5.41) is 3.47. The number of rotatable bonds is 4. The molecule has 7 nitrogen and oxygen atoms in total. The molecule has 168 valence electrons. The van der Waals surface area contributed by atoms with E-state index in [1.807, 2.05) is 53.8 Å². The molecule has 0 bridgehead atoms. The smallest absolute Gasteiger partial charge is 0.219 e. The van der Waals surface area contributed by atoms with Crippen LogP contribution in [0.1, 0.15) is 22.2 Å². The number of aliphatic imine (C=N–C) groups is 1. The number of hydrogen-bond donors (Lipinski definition) is 2. The fourth-order valence-corrected chi connectivity index (χ4v) is 5.71. The fourth-order valence-electron chi connectivity index (χ4n) is 4.36. The number of piperazine rings is 1. The summed E-state index contributed by atoms with van der Waals surface area (Å²) in [6.07, 6.45) is 1.61. The maximum atomic E-state index is 11.6. The van der Waals surface area contributed by atoms with Crippen LogP contribution in [0, 0.1) is 0 Å². The molecule has 4 heterocycles.